The third-order valence-corrected chi connectivity index (χ3v) is 3.52. The molecule has 1 saturated heterocycles. The van der Waals surface area contributed by atoms with E-state index in [0.29, 0.717) is 5.92 Å². The van der Waals surface area contributed by atoms with Crippen LogP contribution in [0.4, 0.5) is 5.69 Å². The number of para-hydroxylation sites is 1. The summed E-state index contributed by atoms with van der Waals surface area (Å²) in [7, 11) is 0. The molecule has 3 rings (SSSR count). The highest BCUT2D eigenvalue weighted by molar-refractivity contribution is 5.57. The lowest BCUT2D eigenvalue weighted by Crippen LogP contribution is -2.39. The number of nitrogens with one attached hydrogen (secondary N) is 1. The van der Waals surface area contributed by atoms with Gasteiger partial charge in [-0.05, 0) is 11.6 Å². The molecule has 1 N–H and O–H groups in total. The molecule has 1 aromatic carbocycles. The van der Waals surface area contributed by atoms with Crippen LogP contribution in [0.2, 0.25) is 0 Å². The molecule has 16 heavy (non-hydrogen) atoms. The quantitative estimate of drug-likeness (QED) is 0.814. The Bertz CT molecular complexity index is 361. The van der Waals surface area contributed by atoms with Crippen LogP contribution < -0.4 is 5.32 Å². The van der Waals surface area contributed by atoms with Crippen LogP contribution in [-0.2, 0) is 4.74 Å². The molecule has 2 heterocycles. The highest BCUT2D eigenvalue weighted by atomic mass is 16.5. The van der Waals surface area contributed by atoms with Gasteiger partial charge in [0.2, 0.25) is 0 Å². The first-order valence-corrected chi connectivity index (χ1v) is 6.06. The second-order valence-electron chi connectivity index (χ2n) is 4.58. The molecule has 1 aromatic rings. The zero-order valence-electron chi connectivity index (χ0n) is 9.48. The van der Waals surface area contributed by atoms with E-state index in [0.717, 1.165) is 39.4 Å². The van der Waals surface area contributed by atoms with Gasteiger partial charge in [-0.25, -0.2) is 0 Å². The standard InChI is InChI=1S/C13H18N2O/c1-2-4-13-12(3-1)11(9-14-13)10-15-5-7-16-8-6-15/h1-4,11,14H,5-10H2/t11-/m1/s1. The Morgan fingerprint density at radius 2 is 2.06 bits per heavy atom. The minimum absolute atomic E-state index is 0.647. The van der Waals surface area contributed by atoms with Crippen LogP contribution in [0, 0.1) is 0 Å². The van der Waals surface area contributed by atoms with Gasteiger partial charge in [-0.2, -0.15) is 0 Å². The van der Waals surface area contributed by atoms with Gasteiger partial charge in [0, 0.05) is 37.8 Å². The molecule has 2 aliphatic heterocycles. The lowest BCUT2D eigenvalue weighted by molar-refractivity contribution is 0.0358. The number of nitrogens with zero attached hydrogens (tertiary/aromatic N) is 1. The molecule has 0 saturated carbocycles. The summed E-state index contributed by atoms with van der Waals surface area (Å²) in [5.41, 5.74) is 2.80. The van der Waals surface area contributed by atoms with Gasteiger partial charge in [0.1, 0.15) is 0 Å². The number of morpholine rings is 1. The van der Waals surface area contributed by atoms with Crippen molar-refractivity contribution in [2.24, 2.45) is 0 Å². The third-order valence-electron chi connectivity index (χ3n) is 3.52. The van der Waals surface area contributed by atoms with Crippen molar-refractivity contribution in [1.29, 1.82) is 0 Å². The minimum atomic E-state index is 0.647. The zero-order chi connectivity index (χ0) is 10.8. The first-order chi connectivity index (χ1) is 7.93. The van der Waals surface area contributed by atoms with E-state index < -0.39 is 0 Å². The Morgan fingerprint density at radius 1 is 1.25 bits per heavy atom. The number of hydrogen-bond donors (Lipinski definition) is 1. The average molecular weight is 218 g/mol. The van der Waals surface area contributed by atoms with Crippen molar-refractivity contribution < 1.29 is 4.74 Å². The Morgan fingerprint density at radius 3 is 2.94 bits per heavy atom. The van der Waals surface area contributed by atoms with Crippen LogP contribution in [-0.4, -0.2) is 44.3 Å². The van der Waals surface area contributed by atoms with E-state index in [1.165, 1.54) is 11.3 Å². The summed E-state index contributed by atoms with van der Waals surface area (Å²) >= 11 is 0. The zero-order valence-corrected chi connectivity index (χ0v) is 9.48. The topological polar surface area (TPSA) is 24.5 Å². The Hall–Kier alpha value is -1.06. The minimum Gasteiger partial charge on any atom is -0.384 e. The number of benzene rings is 1. The van der Waals surface area contributed by atoms with Gasteiger partial charge in [0.15, 0.2) is 0 Å². The van der Waals surface area contributed by atoms with Crippen LogP contribution in [0.1, 0.15) is 11.5 Å². The second kappa shape index (κ2) is 4.44. The summed E-state index contributed by atoms with van der Waals surface area (Å²) in [6.45, 7) is 6.19. The fourth-order valence-corrected chi connectivity index (χ4v) is 2.62. The fourth-order valence-electron chi connectivity index (χ4n) is 2.62. The molecule has 2 aliphatic rings. The maximum atomic E-state index is 5.38. The summed E-state index contributed by atoms with van der Waals surface area (Å²) in [6.07, 6.45) is 0. The fraction of sp³-hybridized carbons (Fsp3) is 0.538. The molecule has 0 aromatic heterocycles. The van der Waals surface area contributed by atoms with Gasteiger partial charge in [0.25, 0.3) is 0 Å². The second-order valence-corrected chi connectivity index (χ2v) is 4.58. The van der Waals surface area contributed by atoms with E-state index in [9.17, 15) is 0 Å². The number of ether oxygens (including phenoxy) is 1. The molecule has 0 bridgehead atoms. The van der Waals surface area contributed by atoms with Gasteiger partial charge in [-0.3, -0.25) is 4.90 Å². The van der Waals surface area contributed by atoms with Crippen LogP contribution in [0.5, 0.6) is 0 Å². The Labute approximate surface area is 96.4 Å². The molecule has 86 valence electrons. The molecular formula is C13H18N2O. The summed E-state index contributed by atoms with van der Waals surface area (Å²) in [5, 5.41) is 3.48. The number of fused-ring (bicyclic) bond motifs is 1. The van der Waals surface area contributed by atoms with Gasteiger partial charge in [-0.15, -0.1) is 0 Å². The Kier molecular flexibility index (Phi) is 2.80. The largest absolute Gasteiger partial charge is 0.384 e. The SMILES string of the molecule is c1ccc2c(c1)NC[C@@H]2CN1CCOCC1. The molecule has 0 spiro atoms. The van der Waals surface area contributed by atoms with Gasteiger partial charge >= 0.3 is 0 Å². The highest BCUT2D eigenvalue weighted by Gasteiger charge is 2.24. The monoisotopic (exact) mass is 218 g/mol. The molecular weight excluding hydrogens is 200 g/mol. The molecule has 3 heteroatoms. The van der Waals surface area contributed by atoms with Gasteiger partial charge in [0.05, 0.1) is 13.2 Å². The van der Waals surface area contributed by atoms with E-state index >= 15 is 0 Å². The van der Waals surface area contributed by atoms with Crippen molar-refractivity contribution in [1.82, 2.24) is 4.90 Å². The number of rotatable bonds is 2. The van der Waals surface area contributed by atoms with Crippen molar-refractivity contribution in [3.63, 3.8) is 0 Å². The van der Waals surface area contributed by atoms with Crippen LogP contribution >= 0.6 is 0 Å². The van der Waals surface area contributed by atoms with E-state index in [4.69, 9.17) is 4.74 Å². The first-order valence-electron chi connectivity index (χ1n) is 6.06. The van der Waals surface area contributed by atoms with E-state index in [-0.39, 0.29) is 0 Å². The van der Waals surface area contributed by atoms with Crippen LogP contribution in [0.25, 0.3) is 0 Å². The maximum absolute atomic E-state index is 5.38. The van der Waals surface area contributed by atoms with Crippen molar-refractivity contribution in [3.05, 3.63) is 29.8 Å². The third kappa shape index (κ3) is 1.93. The smallest absolute Gasteiger partial charge is 0.0594 e. The predicted molar refractivity (Wildman–Crippen MR) is 64.9 cm³/mol. The summed E-state index contributed by atoms with van der Waals surface area (Å²) in [5.74, 6) is 0.647. The normalized spacial score (nSPS) is 25.1. The van der Waals surface area contributed by atoms with Crippen molar-refractivity contribution >= 4 is 5.69 Å². The average Bonchev–Trinajstić information content (AvgIpc) is 2.74. The summed E-state index contributed by atoms with van der Waals surface area (Å²) < 4.78 is 5.38. The van der Waals surface area contributed by atoms with Crippen LogP contribution in [0.15, 0.2) is 24.3 Å². The summed E-state index contributed by atoms with van der Waals surface area (Å²) in [4.78, 5) is 2.51. The van der Waals surface area contributed by atoms with Crippen molar-refractivity contribution in [2.45, 2.75) is 5.92 Å². The molecule has 1 fully saturated rings. The molecule has 3 nitrogen and oxygen atoms in total. The van der Waals surface area contributed by atoms with E-state index in [2.05, 4.69) is 34.5 Å². The lowest BCUT2D eigenvalue weighted by atomic mass is 10.0. The molecule has 0 amide bonds. The molecule has 0 aliphatic carbocycles. The van der Waals surface area contributed by atoms with E-state index in [1.54, 1.807) is 0 Å². The molecule has 0 radical (unpaired) electrons. The molecule has 1 atom stereocenters. The maximum Gasteiger partial charge on any atom is 0.0594 e. The van der Waals surface area contributed by atoms with Crippen LogP contribution in [0.3, 0.4) is 0 Å². The number of hydrogen-bond acceptors (Lipinski definition) is 3. The predicted octanol–water partition coefficient (Wildman–Crippen LogP) is 1.53. The van der Waals surface area contributed by atoms with Gasteiger partial charge < -0.3 is 10.1 Å². The lowest BCUT2D eigenvalue weighted by Gasteiger charge is -2.28. The van der Waals surface area contributed by atoms with Gasteiger partial charge in [-0.1, -0.05) is 18.2 Å². The summed E-state index contributed by atoms with van der Waals surface area (Å²) in [6, 6.07) is 8.66. The first kappa shape index (κ1) is 10.1. The number of anilines is 1. The Balaban J connectivity index is 1.68. The highest BCUT2D eigenvalue weighted by Crippen LogP contribution is 2.31. The van der Waals surface area contributed by atoms with Crippen molar-refractivity contribution in [3.8, 4) is 0 Å². The molecule has 0 unspecified atom stereocenters. The van der Waals surface area contributed by atoms with Crippen molar-refractivity contribution in [2.75, 3.05) is 44.7 Å². The van der Waals surface area contributed by atoms with E-state index in [1.807, 2.05) is 0 Å².